The van der Waals surface area contributed by atoms with E-state index < -0.39 is 0 Å². The van der Waals surface area contributed by atoms with Crippen LogP contribution in [0.1, 0.15) is 23.3 Å². The summed E-state index contributed by atoms with van der Waals surface area (Å²) in [6.45, 7) is 1.65. The summed E-state index contributed by atoms with van der Waals surface area (Å²) < 4.78 is 6.57. The summed E-state index contributed by atoms with van der Waals surface area (Å²) in [7, 11) is 1.86. The summed E-state index contributed by atoms with van der Waals surface area (Å²) >= 11 is 0. The van der Waals surface area contributed by atoms with Gasteiger partial charge < -0.3 is 14.6 Å². The molecule has 1 fully saturated rings. The fraction of sp³-hybridized carbons (Fsp3) is 0.286. The van der Waals surface area contributed by atoms with Crippen molar-refractivity contribution in [3.63, 3.8) is 0 Å². The Balaban J connectivity index is 1.29. The molecule has 1 aromatic carbocycles. The van der Waals surface area contributed by atoms with Crippen molar-refractivity contribution in [2.75, 3.05) is 18.0 Å². The summed E-state index contributed by atoms with van der Waals surface area (Å²) in [5, 5.41) is 13.4. The number of anilines is 1. The van der Waals surface area contributed by atoms with Crippen LogP contribution in [0, 0.1) is 0 Å². The lowest BCUT2D eigenvalue weighted by molar-refractivity contribution is 0.0926. The molecular formula is C21H21N7O2. The van der Waals surface area contributed by atoms with Crippen LogP contribution in [0.3, 0.4) is 0 Å². The largest absolute Gasteiger partial charge is 0.451 e. The molecule has 4 aromatic rings. The van der Waals surface area contributed by atoms with Gasteiger partial charge in [0, 0.05) is 43.3 Å². The van der Waals surface area contributed by atoms with Gasteiger partial charge >= 0.3 is 0 Å². The predicted octanol–water partition coefficient (Wildman–Crippen LogP) is 2.42. The zero-order valence-corrected chi connectivity index (χ0v) is 16.5. The number of oxazole rings is 1. The van der Waals surface area contributed by atoms with Gasteiger partial charge in [-0.05, 0) is 30.4 Å². The van der Waals surface area contributed by atoms with Crippen molar-refractivity contribution in [2.24, 2.45) is 7.05 Å². The van der Waals surface area contributed by atoms with E-state index in [-0.39, 0.29) is 11.9 Å². The van der Waals surface area contributed by atoms with Crippen LogP contribution in [0.5, 0.6) is 0 Å². The molecule has 1 amide bonds. The smallest absolute Gasteiger partial charge is 0.273 e. The molecule has 1 aliphatic rings. The van der Waals surface area contributed by atoms with Gasteiger partial charge in [0.05, 0.1) is 6.20 Å². The van der Waals surface area contributed by atoms with Crippen molar-refractivity contribution in [2.45, 2.75) is 18.9 Å². The quantitative estimate of drug-likeness (QED) is 0.558. The standard InChI is InChI=1S/C21H21N7O2/c1-27-11-18(25-26-27)14-2-3-15-10-22-20(9-16(15)8-14)28-6-4-17(5-7-28)24-21(29)19-12-30-13-23-19/h2-3,8-13,17H,4-7H2,1H3,(H,24,29). The first-order chi connectivity index (χ1) is 14.7. The first kappa shape index (κ1) is 18.3. The normalized spacial score (nSPS) is 14.9. The highest BCUT2D eigenvalue weighted by Crippen LogP contribution is 2.26. The SMILES string of the molecule is Cn1cc(-c2ccc3cnc(N4CCC(NC(=O)c5cocn5)CC4)cc3c2)nn1. The van der Waals surface area contributed by atoms with Gasteiger partial charge in [0.15, 0.2) is 12.1 Å². The van der Waals surface area contributed by atoms with E-state index in [1.165, 1.54) is 12.7 Å². The zero-order valence-electron chi connectivity index (χ0n) is 16.5. The molecular weight excluding hydrogens is 382 g/mol. The number of benzene rings is 1. The Morgan fingerprint density at radius 2 is 2.03 bits per heavy atom. The van der Waals surface area contributed by atoms with Crippen LogP contribution in [-0.2, 0) is 7.05 Å². The molecule has 9 nitrogen and oxygen atoms in total. The Bertz CT molecular complexity index is 1180. The molecule has 1 N–H and O–H groups in total. The van der Waals surface area contributed by atoms with Crippen LogP contribution in [0.25, 0.3) is 22.0 Å². The van der Waals surface area contributed by atoms with Crippen molar-refractivity contribution in [3.8, 4) is 11.3 Å². The summed E-state index contributed by atoms with van der Waals surface area (Å²) in [4.78, 5) is 23.0. The Morgan fingerprint density at radius 3 is 2.77 bits per heavy atom. The van der Waals surface area contributed by atoms with E-state index in [0.717, 1.165) is 53.8 Å². The topological polar surface area (TPSA) is 102 Å². The molecule has 9 heteroatoms. The minimum absolute atomic E-state index is 0.120. The van der Waals surface area contributed by atoms with Gasteiger partial charge in [0.2, 0.25) is 0 Å². The summed E-state index contributed by atoms with van der Waals surface area (Å²) in [6, 6.07) is 8.45. The van der Waals surface area contributed by atoms with E-state index in [1.807, 2.05) is 25.5 Å². The van der Waals surface area contributed by atoms with Gasteiger partial charge in [-0.2, -0.15) is 0 Å². The molecule has 0 spiro atoms. The van der Waals surface area contributed by atoms with Crippen molar-refractivity contribution in [1.29, 1.82) is 0 Å². The lowest BCUT2D eigenvalue weighted by Crippen LogP contribution is -2.45. The van der Waals surface area contributed by atoms with Gasteiger partial charge in [-0.3, -0.25) is 9.48 Å². The number of aromatic nitrogens is 5. The van der Waals surface area contributed by atoms with Gasteiger partial charge in [0.1, 0.15) is 17.8 Å². The third-order valence-corrected chi connectivity index (χ3v) is 5.42. The molecule has 30 heavy (non-hydrogen) atoms. The third-order valence-electron chi connectivity index (χ3n) is 5.42. The number of piperidine rings is 1. The molecule has 0 radical (unpaired) electrons. The summed E-state index contributed by atoms with van der Waals surface area (Å²) in [5.41, 5.74) is 2.19. The minimum Gasteiger partial charge on any atom is -0.451 e. The molecule has 1 saturated heterocycles. The summed E-state index contributed by atoms with van der Waals surface area (Å²) in [5.74, 6) is 0.752. The van der Waals surface area contributed by atoms with Gasteiger partial charge in [0.25, 0.3) is 5.91 Å². The van der Waals surface area contributed by atoms with E-state index in [1.54, 1.807) is 4.68 Å². The number of aryl methyl sites for hydroxylation is 1. The number of carbonyl (C=O) groups is 1. The lowest BCUT2D eigenvalue weighted by Gasteiger charge is -2.33. The maximum Gasteiger partial charge on any atom is 0.273 e. The van der Waals surface area contributed by atoms with Crippen LogP contribution in [0.2, 0.25) is 0 Å². The van der Waals surface area contributed by atoms with Gasteiger partial charge in [-0.25, -0.2) is 9.97 Å². The molecule has 0 unspecified atom stereocenters. The number of carbonyl (C=O) groups excluding carboxylic acids is 1. The molecule has 0 aliphatic carbocycles. The predicted molar refractivity (Wildman–Crippen MR) is 111 cm³/mol. The fourth-order valence-electron chi connectivity index (χ4n) is 3.78. The highest BCUT2D eigenvalue weighted by Gasteiger charge is 2.23. The summed E-state index contributed by atoms with van der Waals surface area (Å²) in [6.07, 6.45) is 8.13. The fourth-order valence-corrected chi connectivity index (χ4v) is 3.78. The highest BCUT2D eigenvalue weighted by molar-refractivity contribution is 5.92. The van der Waals surface area contributed by atoms with E-state index >= 15 is 0 Å². The van der Waals surface area contributed by atoms with Crippen molar-refractivity contribution < 1.29 is 9.21 Å². The molecule has 3 aromatic heterocycles. The molecule has 4 heterocycles. The Labute approximate surface area is 172 Å². The monoisotopic (exact) mass is 403 g/mol. The van der Waals surface area contributed by atoms with Crippen LogP contribution in [0.4, 0.5) is 5.82 Å². The van der Waals surface area contributed by atoms with Crippen LogP contribution in [0.15, 0.2) is 53.7 Å². The number of fused-ring (bicyclic) bond motifs is 1. The van der Waals surface area contributed by atoms with Crippen LogP contribution in [-0.4, -0.2) is 50.0 Å². The second kappa shape index (κ2) is 7.58. The maximum atomic E-state index is 12.2. The highest BCUT2D eigenvalue weighted by atomic mass is 16.3. The van der Waals surface area contributed by atoms with Crippen molar-refractivity contribution >= 4 is 22.5 Å². The molecule has 0 bridgehead atoms. The molecule has 0 atom stereocenters. The molecule has 5 rings (SSSR count). The van der Waals surface area contributed by atoms with E-state index in [0.29, 0.717) is 5.69 Å². The number of rotatable bonds is 4. The number of amides is 1. The number of nitrogens with zero attached hydrogens (tertiary/aromatic N) is 6. The van der Waals surface area contributed by atoms with Crippen molar-refractivity contribution in [1.82, 2.24) is 30.3 Å². The van der Waals surface area contributed by atoms with Crippen molar-refractivity contribution in [3.05, 3.63) is 55.0 Å². The number of nitrogens with one attached hydrogen (secondary N) is 1. The minimum atomic E-state index is -0.192. The number of hydrogen-bond donors (Lipinski definition) is 1. The van der Waals surface area contributed by atoms with Gasteiger partial charge in [-0.15, -0.1) is 5.10 Å². The average molecular weight is 403 g/mol. The second-order valence-corrected chi connectivity index (χ2v) is 7.49. The Morgan fingerprint density at radius 1 is 1.17 bits per heavy atom. The average Bonchev–Trinajstić information content (AvgIpc) is 3.46. The molecule has 1 aliphatic heterocycles. The number of hydrogen-bond acceptors (Lipinski definition) is 7. The third kappa shape index (κ3) is 3.61. The molecule has 0 saturated carbocycles. The van der Waals surface area contributed by atoms with E-state index in [2.05, 4.69) is 48.7 Å². The second-order valence-electron chi connectivity index (χ2n) is 7.49. The van der Waals surface area contributed by atoms with Gasteiger partial charge in [-0.1, -0.05) is 17.3 Å². The maximum absolute atomic E-state index is 12.2. The first-order valence-corrected chi connectivity index (χ1v) is 9.86. The van der Waals surface area contributed by atoms with E-state index in [4.69, 9.17) is 4.42 Å². The Hall–Kier alpha value is -3.75. The van der Waals surface area contributed by atoms with E-state index in [9.17, 15) is 4.79 Å². The zero-order chi connectivity index (χ0) is 20.5. The Kier molecular flexibility index (Phi) is 4.62. The number of pyridine rings is 1. The first-order valence-electron chi connectivity index (χ1n) is 9.86. The van der Waals surface area contributed by atoms with Crippen LogP contribution >= 0.6 is 0 Å². The van der Waals surface area contributed by atoms with Crippen LogP contribution < -0.4 is 10.2 Å². The lowest BCUT2D eigenvalue weighted by atomic mass is 10.0. The molecule has 152 valence electrons.